The van der Waals surface area contributed by atoms with Crippen molar-refractivity contribution < 1.29 is 14.3 Å². The van der Waals surface area contributed by atoms with E-state index in [0.29, 0.717) is 26.2 Å². The third-order valence-electron chi connectivity index (χ3n) is 7.76. The number of carbonyl (C=O) groups excluding carboxylic acids is 2. The van der Waals surface area contributed by atoms with Gasteiger partial charge < -0.3 is 24.4 Å². The molecule has 1 N–H and O–H groups in total. The highest BCUT2D eigenvalue weighted by Gasteiger charge is 2.31. The van der Waals surface area contributed by atoms with Crippen LogP contribution in [-0.4, -0.2) is 111 Å². The van der Waals surface area contributed by atoms with Crippen LogP contribution < -0.4 is 0 Å². The maximum absolute atomic E-state index is 13.0. The van der Waals surface area contributed by atoms with Crippen LogP contribution in [0.4, 0.5) is 0 Å². The summed E-state index contributed by atoms with van der Waals surface area (Å²) in [6.45, 7) is 3.26. The molecule has 0 saturated carbocycles. The summed E-state index contributed by atoms with van der Waals surface area (Å²) in [5.74, 6) is 0.188. The van der Waals surface area contributed by atoms with E-state index in [0.717, 1.165) is 52.8 Å². The molecule has 0 radical (unpaired) electrons. The van der Waals surface area contributed by atoms with Gasteiger partial charge in [0.15, 0.2) is 0 Å². The number of pyridine rings is 1. The van der Waals surface area contributed by atoms with Crippen molar-refractivity contribution in [1.82, 2.24) is 39.5 Å². The number of nitrogens with one attached hydrogen (secondary N) is 1. The Kier molecular flexibility index (Phi) is 7.31. The number of rotatable bonds is 8. The molecule has 40 heavy (non-hydrogen) atoms. The van der Waals surface area contributed by atoms with Gasteiger partial charge in [0.05, 0.1) is 17.8 Å². The Hall–Kier alpha value is -4.09. The van der Waals surface area contributed by atoms with E-state index in [4.69, 9.17) is 4.74 Å². The number of hydrogen-bond donors (Lipinski definition) is 1. The predicted molar refractivity (Wildman–Crippen MR) is 151 cm³/mol. The van der Waals surface area contributed by atoms with Crippen molar-refractivity contribution >= 4 is 28.4 Å². The van der Waals surface area contributed by atoms with E-state index in [2.05, 4.69) is 26.2 Å². The molecule has 2 amide bonds. The Morgan fingerprint density at radius 3 is 2.85 bits per heavy atom. The van der Waals surface area contributed by atoms with Gasteiger partial charge >= 0.3 is 0 Å². The van der Waals surface area contributed by atoms with Crippen molar-refractivity contribution in [2.24, 2.45) is 0 Å². The molecule has 11 heteroatoms. The fourth-order valence-corrected chi connectivity index (χ4v) is 5.60. The Morgan fingerprint density at radius 2 is 1.98 bits per heavy atom. The molecule has 11 nitrogen and oxygen atoms in total. The molecule has 1 unspecified atom stereocenters. The first kappa shape index (κ1) is 26.1. The number of likely N-dealkylation sites (N-methyl/N-ethyl adjacent to an activating group) is 1. The van der Waals surface area contributed by atoms with Gasteiger partial charge in [0, 0.05) is 73.8 Å². The van der Waals surface area contributed by atoms with Crippen LogP contribution in [0.5, 0.6) is 0 Å². The fraction of sp³-hybridized carbons (Fsp3) is 0.414. The van der Waals surface area contributed by atoms with Crippen molar-refractivity contribution in [3.05, 3.63) is 60.7 Å². The summed E-state index contributed by atoms with van der Waals surface area (Å²) in [4.78, 5) is 39.1. The molecular weight excluding hydrogens is 508 g/mol. The molecular formula is C29H34N8O3. The van der Waals surface area contributed by atoms with Gasteiger partial charge in [-0.15, -0.1) is 0 Å². The zero-order valence-corrected chi connectivity index (χ0v) is 22.9. The monoisotopic (exact) mass is 542 g/mol. The third kappa shape index (κ3) is 5.34. The van der Waals surface area contributed by atoms with Crippen LogP contribution in [0.15, 0.2) is 55.0 Å². The van der Waals surface area contributed by atoms with Crippen LogP contribution in [0.2, 0.25) is 0 Å². The van der Waals surface area contributed by atoms with E-state index in [9.17, 15) is 9.59 Å². The molecule has 2 aliphatic heterocycles. The van der Waals surface area contributed by atoms with Crippen molar-refractivity contribution in [2.75, 3.05) is 53.4 Å². The molecule has 2 fully saturated rings. The summed E-state index contributed by atoms with van der Waals surface area (Å²) < 4.78 is 7.56. The van der Waals surface area contributed by atoms with Crippen LogP contribution >= 0.6 is 0 Å². The van der Waals surface area contributed by atoms with Gasteiger partial charge in [0.25, 0.3) is 0 Å². The molecule has 208 valence electrons. The number of nitrogens with zero attached hydrogens (tertiary/aromatic N) is 7. The standard InChI is InChI=1S/C29H34N8O3/c1-34(2)12-4-6-27(38)36-14-9-21(18-36)40-19-28(39)35-13-8-20(17-35)25-15-23-22(7-11-30-29(23)33-25)24-16-32-37-26(24)5-3-10-31-37/h3-7,10-11,15-16,20-21H,8-9,12-14,17-19H2,1-2H3,(H,30,33)/b6-4+/t20?,21-/m1/s1. The molecule has 0 bridgehead atoms. The van der Waals surface area contributed by atoms with Crippen LogP contribution in [0, 0.1) is 0 Å². The van der Waals surface area contributed by atoms with E-state index >= 15 is 0 Å². The largest absolute Gasteiger partial charge is 0.366 e. The summed E-state index contributed by atoms with van der Waals surface area (Å²) in [5.41, 5.74) is 4.88. The number of ether oxygens (including phenoxy) is 1. The lowest BCUT2D eigenvalue weighted by Gasteiger charge is -2.19. The minimum absolute atomic E-state index is 0.00381. The maximum Gasteiger partial charge on any atom is 0.248 e. The Bertz CT molecular complexity index is 1560. The summed E-state index contributed by atoms with van der Waals surface area (Å²) >= 11 is 0. The quantitative estimate of drug-likeness (QED) is 0.340. The van der Waals surface area contributed by atoms with Gasteiger partial charge in [-0.1, -0.05) is 6.08 Å². The number of amides is 2. The SMILES string of the molecule is CN(C)C/C=C/C(=O)N1CC[C@@H](OCC(=O)N2CCC(c3cc4c(-c5cnn6ncccc56)ccnc4[nH]3)C2)C1. The molecule has 4 aromatic rings. The van der Waals surface area contributed by atoms with Crippen molar-refractivity contribution in [3.8, 4) is 11.1 Å². The van der Waals surface area contributed by atoms with Crippen molar-refractivity contribution in [2.45, 2.75) is 24.9 Å². The van der Waals surface area contributed by atoms with E-state index in [1.807, 2.05) is 54.4 Å². The van der Waals surface area contributed by atoms with E-state index < -0.39 is 0 Å². The second-order valence-corrected chi connectivity index (χ2v) is 10.8. The van der Waals surface area contributed by atoms with Gasteiger partial charge in [-0.25, -0.2) is 4.98 Å². The number of fused-ring (bicyclic) bond motifs is 2. The zero-order chi connectivity index (χ0) is 27.6. The number of carbonyl (C=O) groups is 2. The number of likely N-dealkylation sites (tertiary alicyclic amines) is 2. The van der Waals surface area contributed by atoms with Gasteiger partial charge in [0.1, 0.15) is 12.3 Å². The summed E-state index contributed by atoms with van der Waals surface area (Å²) in [5, 5.41) is 9.70. The maximum atomic E-state index is 13.0. The first-order chi connectivity index (χ1) is 19.5. The normalized spacial score (nSPS) is 19.7. The zero-order valence-electron chi connectivity index (χ0n) is 22.9. The molecule has 4 aromatic heterocycles. The summed E-state index contributed by atoms with van der Waals surface area (Å²) in [6.07, 6.45) is 10.4. The highest BCUT2D eigenvalue weighted by molar-refractivity contribution is 5.97. The molecule has 2 atom stereocenters. The highest BCUT2D eigenvalue weighted by atomic mass is 16.5. The number of H-pyrrole nitrogens is 1. The van der Waals surface area contributed by atoms with Crippen molar-refractivity contribution in [3.63, 3.8) is 0 Å². The fourth-order valence-electron chi connectivity index (χ4n) is 5.60. The molecule has 0 spiro atoms. The number of aromatic amines is 1. The molecule has 0 aromatic carbocycles. The summed E-state index contributed by atoms with van der Waals surface area (Å²) in [7, 11) is 3.92. The average Bonchev–Trinajstić information content (AvgIpc) is 3.76. The van der Waals surface area contributed by atoms with Gasteiger partial charge in [-0.2, -0.15) is 14.8 Å². The van der Waals surface area contributed by atoms with E-state index in [1.165, 1.54) is 0 Å². The number of hydrogen-bond acceptors (Lipinski definition) is 7. The first-order valence-corrected chi connectivity index (χ1v) is 13.7. The third-order valence-corrected chi connectivity index (χ3v) is 7.76. The van der Waals surface area contributed by atoms with Crippen LogP contribution in [0.1, 0.15) is 24.5 Å². The summed E-state index contributed by atoms with van der Waals surface area (Å²) in [6, 6.07) is 8.07. The van der Waals surface area contributed by atoms with Crippen LogP contribution in [-0.2, 0) is 14.3 Å². The molecule has 6 heterocycles. The second kappa shape index (κ2) is 11.2. The lowest BCUT2D eigenvalue weighted by molar-refractivity contribution is -0.137. The van der Waals surface area contributed by atoms with E-state index in [-0.39, 0.29) is 30.4 Å². The second-order valence-electron chi connectivity index (χ2n) is 10.8. The minimum Gasteiger partial charge on any atom is -0.366 e. The van der Waals surface area contributed by atoms with Crippen LogP contribution in [0.3, 0.4) is 0 Å². The van der Waals surface area contributed by atoms with Crippen molar-refractivity contribution in [1.29, 1.82) is 0 Å². The minimum atomic E-state index is -0.109. The topological polar surface area (TPSA) is 112 Å². The van der Waals surface area contributed by atoms with Crippen LogP contribution in [0.25, 0.3) is 27.7 Å². The lowest BCUT2D eigenvalue weighted by atomic mass is 10.0. The smallest absolute Gasteiger partial charge is 0.248 e. The van der Waals surface area contributed by atoms with E-state index in [1.54, 1.807) is 28.0 Å². The first-order valence-electron chi connectivity index (χ1n) is 13.7. The van der Waals surface area contributed by atoms with Gasteiger partial charge in [-0.3, -0.25) is 9.59 Å². The molecule has 2 saturated heterocycles. The predicted octanol–water partition coefficient (Wildman–Crippen LogP) is 2.32. The Labute approximate surface area is 232 Å². The highest BCUT2D eigenvalue weighted by Crippen LogP contribution is 2.34. The number of aromatic nitrogens is 5. The van der Waals surface area contributed by atoms with Gasteiger partial charge in [-0.05, 0) is 56.8 Å². The Balaban J connectivity index is 1.06. The van der Waals surface area contributed by atoms with Gasteiger partial charge in [0.2, 0.25) is 11.8 Å². The Morgan fingerprint density at radius 1 is 1.10 bits per heavy atom. The molecule has 6 rings (SSSR count). The molecule has 2 aliphatic rings. The average molecular weight is 543 g/mol. The molecule has 0 aliphatic carbocycles. The lowest BCUT2D eigenvalue weighted by Crippen LogP contribution is -2.34.